The molecule has 0 aliphatic rings. The summed E-state index contributed by atoms with van der Waals surface area (Å²) in [5, 5.41) is 8.15. The average Bonchev–Trinajstić information content (AvgIpc) is 2.88. The smallest absolute Gasteiger partial charge is 0.369 e. The topological polar surface area (TPSA) is 52.1 Å². The van der Waals surface area contributed by atoms with Crippen LogP contribution in [0.25, 0.3) is 0 Å². The Morgan fingerprint density at radius 3 is 2.60 bits per heavy atom. The van der Waals surface area contributed by atoms with Crippen molar-refractivity contribution in [2.45, 2.75) is 35.9 Å². The maximum atomic E-state index is 11.5. The van der Waals surface area contributed by atoms with Gasteiger partial charge in [0.25, 0.3) is 0 Å². The van der Waals surface area contributed by atoms with Gasteiger partial charge in [0, 0.05) is 4.90 Å². The van der Waals surface area contributed by atoms with Crippen molar-refractivity contribution >= 4 is 29.1 Å². The summed E-state index contributed by atoms with van der Waals surface area (Å²) < 4.78 is 5.63. The predicted octanol–water partition coefficient (Wildman–Crippen LogP) is 3.99. The SMILES string of the molecule is CCOC(=O)c1nnc(Sc2ccc(C(C)C)cc2)s1. The minimum Gasteiger partial charge on any atom is -0.461 e. The summed E-state index contributed by atoms with van der Waals surface area (Å²) in [5.41, 5.74) is 1.30. The second kappa shape index (κ2) is 6.85. The molecule has 0 saturated heterocycles. The molecule has 0 radical (unpaired) electrons. The minimum absolute atomic E-state index is 0.299. The first kappa shape index (κ1) is 15.0. The van der Waals surface area contributed by atoms with E-state index in [4.69, 9.17) is 4.74 Å². The van der Waals surface area contributed by atoms with Gasteiger partial charge in [-0.3, -0.25) is 0 Å². The van der Waals surface area contributed by atoms with Crippen molar-refractivity contribution in [2.24, 2.45) is 0 Å². The molecule has 20 heavy (non-hydrogen) atoms. The lowest BCUT2D eigenvalue weighted by Crippen LogP contribution is -2.03. The summed E-state index contributed by atoms with van der Waals surface area (Å²) in [5.74, 6) is 0.109. The number of benzene rings is 1. The first-order chi connectivity index (χ1) is 9.60. The van der Waals surface area contributed by atoms with Crippen molar-refractivity contribution < 1.29 is 9.53 Å². The van der Waals surface area contributed by atoms with Crippen molar-refractivity contribution in [2.75, 3.05) is 6.61 Å². The van der Waals surface area contributed by atoms with Gasteiger partial charge in [-0.2, -0.15) is 0 Å². The third kappa shape index (κ3) is 3.80. The van der Waals surface area contributed by atoms with Crippen molar-refractivity contribution in [3.63, 3.8) is 0 Å². The molecule has 106 valence electrons. The zero-order valence-electron chi connectivity index (χ0n) is 11.6. The van der Waals surface area contributed by atoms with E-state index in [1.165, 1.54) is 28.7 Å². The molecule has 6 heteroatoms. The van der Waals surface area contributed by atoms with Gasteiger partial charge in [0.15, 0.2) is 4.34 Å². The van der Waals surface area contributed by atoms with Crippen LogP contribution in [0.5, 0.6) is 0 Å². The van der Waals surface area contributed by atoms with E-state index < -0.39 is 5.97 Å². The molecule has 0 saturated carbocycles. The first-order valence-corrected chi connectivity index (χ1v) is 8.02. The summed E-state index contributed by atoms with van der Waals surface area (Å²) in [6.07, 6.45) is 0. The highest BCUT2D eigenvalue weighted by Gasteiger charge is 2.14. The van der Waals surface area contributed by atoms with Gasteiger partial charge < -0.3 is 4.74 Å². The van der Waals surface area contributed by atoms with Crippen LogP contribution in [0.2, 0.25) is 0 Å². The van der Waals surface area contributed by atoms with E-state index in [0.717, 1.165) is 9.24 Å². The van der Waals surface area contributed by atoms with Gasteiger partial charge in [0.2, 0.25) is 5.01 Å². The van der Waals surface area contributed by atoms with Crippen LogP contribution in [0.1, 0.15) is 42.1 Å². The Morgan fingerprint density at radius 2 is 2.00 bits per heavy atom. The Kier molecular flexibility index (Phi) is 5.14. The summed E-state index contributed by atoms with van der Waals surface area (Å²) >= 11 is 2.75. The number of nitrogens with zero attached hydrogens (tertiary/aromatic N) is 2. The molecule has 0 amide bonds. The predicted molar refractivity (Wildman–Crippen MR) is 80.5 cm³/mol. The number of rotatable bonds is 5. The molecule has 0 fully saturated rings. The third-order valence-corrected chi connectivity index (χ3v) is 4.57. The molecule has 0 aliphatic carbocycles. The number of aromatic nitrogens is 2. The quantitative estimate of drug-likeness (QED) is 0.782. The van der Waals surface area contributed by atoms with Crippen LogP contribution in [0.15, 0.2) is 33.5 Å². The summed E-state index contributed by atoms with van der Waals surface area (Å²) in [4.78, 5) is 12.6. The molecule has 0 bridgehead atoms. The molecule has 0 N–H and O–H groups in total. The number of esters is 1. The van der Waals surface area contributed by atoms with E-state index in [9.17, 15) is 4.79 Å². The normalized spacial score (nSPS) is 10.8. The monoisotopic (exact) mass is 308 g/mol. The molecular weight excluding hydrogens is 292 g/mol. The van der Waals surface area contributed by atoms with Crippen LogP contribution >= 0.6 is 23.1 Å². The zero-order chi connectivity index (χ0) is 14.5. The highest BCUT2D eigenvalue weighted by atomic mass is 32.2. The maximum Gasteiger partial charge on any atom is 0.369 e. The molecule has 4 nitrogen and oxygen atoms in total. The second-order valence-corrected chi connectivity index (χ2v) is 6.72. The number of ether oxygens (including phenoxy) is 1. The third-order valence-electron chi connectivity index (χ3n) is 2.61. The van der Waals surface area contributed by atoms with Crippen molar-refractivity contribution in [1.29, 1.82) is 0 Å². The van der Waals surface area contributed by atoms with Gasteiger partial charge in [-0.15, -0.1) is 10.2 Å². The first-order valence-electron chi connectivity index (χ1n) is 6.38. The molecule has 0 spiro atoms. The van der Waals surface area contributed by atoms with Crippen molar-refractivity contribution in [3.05, 3.63) is 34.8 Å². The molecule has 1 aromatic heterocycles. The number of carbonyl (C=O) groups is 1. The van der Waals surface area contributed by atoms with E-state index in [0.29, 0.717) is 17.5 Å². The molecule has 0 atom stereocenters. The lowest BCUT2D eigenvalue weighted by atomic mass is 10.0. The van der Waals surface area contributed by atoms with E-state index in [1.54, 1.807) is 6.92 Å². The van der Waals surface area contributed by atoms with Gasteiger partial charge in [0.05, 0.1) is 6.61 Å². The van der Waals surface area contributed by atoms with Gasteiger partial charge in [-0.05, 0) is 30.5 Å². The standard InChI is InChI=1S/C14H16N2O2S2/c1-4-18-13(17)12-15-16-14(20-12)19-11-7-5-10(6-8-11)9(2)3/h5-9H,4H2,1-3H3. The minimum atomic E-state index is -0.410. The van der Waals surface area contributed by atoms with Gasteiger partial charge in [-0.1, -0.05) is 49.1 Å². The molecular formula is C14H16N2O2S2. The van der Waals surface area contributed by atoms with Crippen LogP contribution in [0.4, 0.5) is 0 Å². The fourth-order valence-corrected chi connectivity index (χ4v) is 3.27. The van der Waals surface area contributed by atoms with Crippen molar-refractivity contribution in [1.82, 2.24) is 10.2 Å². The molecule has 0 aliphatic heterocycles. The van der Waals surface area contributed by atoms with Gasteiger partial charge in [-0.25, -0.2) is 4.79 Å². The Morgan fingerprint density at radius 1 is 1.30 bits per heavy atom. The molecule has 1 heterocycles. The second-order valence-electron chi connectivity index (χ2n) is 4.42. The highest BCUT2D eigenvalue weighted by Crippen LogP contribution is 2.31. The van der Waals surface area contributed by atoms with Crippen molar-refractivity contribution in [3.8, 4) is 0 Å². The van der Waals surface area contributed by atoms with E-state index in [2.05, 4.69) is 48.3 Å². The van der Waals surface area contributed by atoms with E-state index in [1.807, 2.05) is 0 Å². The number of hydrogen-bond acceptors (Lipinski definition) is 6. The van der Waals surface area contributed by atoms with Crippen LogP contribution in [0.3, 0.4) is 0 Å². The summed E-state index contributed by atoms with van der Waals surface area (Å²) in [6.45, 7) is 6.44. The Bertz CT molecular complexity index is 579. The summed E-state index contributed by atoms with van der Waals surface area (Å²) in [7, 11) is 0. The number of hydrogen-bond donors (Lipinski definition) is 0. The fourth-order valence-electron chi connectivity index (χ4n) is 1.55. The average molecular weight is 308 g/mol. The molecule has 1 aromatic carbocycles. The Hall–Kier alpha value is -1.40. The van der Waals surface area contributed by atoms with Crippen LogP contribution in [-0.2, 0) is 4.74 Å². The van der Waals surface area contributed by atoms with Gasteiger partial charge >= 0.3 is 5.97 Å². The van der Waals surface area contributed by atoms with Crippen LogP contribution in [-0.4, -0.2) is 22.8 Å². The van der Waals surface area contributed by atoms with Gasteiger partial charge in [0.1, 0.15) is 0 Å². The molecule has 2 aromatic rings. The maximum absolute atomic E-state index is 11.5. The lowest BCUT2D eigenvalue weighted by molar-refractivity contribution is 0.0525. The largest absolute Gasteiger partial charge is 0.461 e. The lowest BCUT2D eigenvalue weighted by Gasteiger charge is -2.05. The van der Waals surface area contributed by atoms with Crippen LogP contribution in [0, 0.1) is 0 Å². The van der Waals surface area contributed by atoms with E-state index >= 15 is 0 Å². The summed E-state index contributed by atoms with van der Waals surface area (Å²) in [6, 6.07) is 8.34. The highest BCUT2D eigenvalue weighted by molar-refractivity contribution is 8.01. The fraction of sp³-hybridized carbons (Fsp3) is 0.357. The van der Waals surface area contributed by atoms with Crippen LogP contribution < -0.4 is 0 Å². The number of carbonyl (C=O) groups excluding carboxylic acids is 1. The Labute approximate surface area is 126 Å². The zero-order valence-corrected chi connectivity index (χ0v) is 13.3. The molecule has 0 unspecified atom stereocenters. The molecule has 2 rings (SSSR count). The Balaban J connectivity index is 2.05. The van der Waals surface area contributed by atoms with E-state index in [-0.39, 0.29) is 0 Å².